The second-order valence-corrected chi connectivity index (χ2v) is 3.53. The highest BCUT2D eigenvalue weighted by Gasteiger charge is 2.19. The molecular weight excluding hydrogens is 176 g/mol. The van der Waals surface area contributed by atoms with Crippen LogP contribution in [0.1, 0.15) is 29.7 Å². The Morgan fingerprint density at radius 2 is 1.79 bits per heavy atom. The van der Waals surface area contributed by atoms with Crippen molar-refractivity contribution in [2.75, 3.05) is 7.11 Å². The van der Waals surface area contributed by atoms with Gasteiger partial charge >= 0.3 is 0 Å². The Morgan fingerprint density at radius 1 is 1.29 bits per heavy atom. The molecule has 1 aromatic rings. The van der Waals surface area contributed by atoms with E-state index in [1.165, 1.54) is 0 Å². The van der Waals surface area contributed by atoms with Crippen molar-refractivity contribution < 1.29 is 9.53 Å². The number of benzene rings is 1. The number of hydrogen-bond acceptors (Lipinski definition) is 2. The van der Waals surface area contributed by atoms with Gasteiger partial charge in [0.1, 0.15) is 6.10 Å². The highest BCUT2D eigenvalue weighted by molar-refractivity contribution is 5.82. The fraction of sp³-hybridized carbons (Fsp3) is 0.417. The zero-order valence-electron chi connectivity index (χ0n) is 9.13. The van der Waals surface area contributed by atoms with Gasteiger partial charge in [0.2, 0.25) is 0 Å². The van der Waals surface area contributed by atoms with E-state index in [4.69, 9.17) is 4.74 Å². The molecule has 0 aromatic heterocycles. The summed E-state index contributed by atoms with van der Waals surface area (Å²) in [5.74, 6) is 0.0462. The number of ether oxygens (including phenoxy) is 1. The van der Waals surface area contributed by atoms with Gasteiger partial charge in [0, 0.05) is 7.11 Å². The van der Waals surface area contributed by atoms with Crippen LogP contribution in [-0.2, 0) is 9.53 Å². The van der Waals surface area contributed by atoms with E-state index in [9.17, 15) is 4.79 Å². The van der Waals surface area contributed by atoms with Crippen LogP contribution in [0.2, 0.25) is 0 Å². The molecule has 76 valence electrons. The molecule has 0 bridgehead atoms. The average Bonchev–Trinajstić information content (AvgIpc) is 2.10. The summed E-state index contributed by atoms with van der Waals surface area (Å²) in [4.78, 5) is 11.4. The number of rotatable bonds is 3. The molecule has 1 atom stereocenters. The van der Waals surface area contributed by atoms with Gasteiger partial charge in [-0.05, 0) is 37.5 Å². The summed E-state index contributed by atoms with van der Waals surface area (Å²) in [6.07, 6.45) is -0.420. The van der Waals surface area contributed by atoms with Crippen LogP contribution in [0.5, 0.6) is 0 Å². The van der Waals surface area contributed by atoms with Gasteiger partial charge < -0.3 is 4.74 Å². The van der Waals surface area contributed by atoms with Crippen LogP contribution in [0.4, 0.5) is 0 Å². The Labute approximate surface area is 84.9 Å². The fourth-order valence-corrected chi connectivity index (χ4v) is 1.73. The molecule has 0 spiro atoms. The third-order valence-electron chi connectivity index (χ3n) is 2.41. The van der Waals surface area contributed by atoms with Crippen LogP contribution in [0, 0.1) is 13.8 Å². The van der Waals surface area contributed by atoms with Crippen molar-refractivity contribution in [2.45, 2.75) is 26.9 Å². The Bertz CT molecular complexity index is 322. The first-order valence-electron chi connectivity index (χ1n) is 4.67. The maximum Gasteiger partial charge on any atom is 0.163 e. The fourth-order valence-electron chi connectivity index (χ4n) is 1.73. The standard InChI is InChI=1S/C12H16O2/c1-8-6-5-7-9(2)11(8)12(14-4)10(3)13/h5-7,12H,1-4H3. The van der Waals surface area contributed by atoms with E-state index in [0.29, 0.717) is 0 Å². The molecule has 1 unspecified atom stereocenters. The number of methoxy groups -OCH3 is 1. The van der Waals surface area contributed by atoms with Gasteiger partial charge in [0.05, 0.1) is 0 Å². The van der Waals surface area contributed by atoms with Crippen LogP contribution in [0.25, 0.3) is 0 Å². The predicted octanol–water partition coefficient (Wildman–Crippen LogP) is 2.58. The van der Waals surface area contributed by atoms with Crippen LogP contribution in [-0.4, -0.2) is 12.9 Å². The lowest BCUT2D eigenvalue weighted by molar-refractivity contribution is -0.127. The molecule has 0 N–H and O–H groups in total. The minimum Gasteiger partial charge on any atom is -0.369 e. The van der Waals surface area contributed by atoms with Crippen LogP contribution in [0.3, 0.4) is 0 Å². The first kappa shape index (κ1) is 10.9. The summed E-state index contributed by atoms with van der Waals surface area (Å²) < 4.78 is 5.21. The first-order chi connectivity index (χ1) is 6.57. The second kappa shape index (κ2) is 4.38. The Morgan fingerprint density at radius 3 is 2.14 bits per heavy atom. The van der Waals surface area contributed by atoms with E-state index >= 15 is 0 Å². The van der Waals surface area contributed by atoms with Crippen molar-refractivity contribution in [1.82, 2.24) is 0 Å². The largest absolute Gasteiger partial charge is 0.369 e. The molecule has 0 aliphatic carbocycles. The summed E-state index contributed by atoms with van der Waals surface area (Å²) in [7, 11) is 1.57. The number of aryl methyl sites for hydroxylation is 2. The summed E-state index contributed by atoms with van der Waals surface area (Å²) >= 11 is 0. The van der Waals surface area contributed by atoms with Crippen molar-refractivity contribution in [3.63, 3.8) is 0 Å². The van der Waals surface area contributed by atoms with E-state index in [0.717, 1.165) is 16.7 Å². The Hall–Kier alpha value is -1.15. The Balaban J connectivity index is 3.22. The number of carbonyl (C=O) groups excluding carboxylic acids is 1. The molecule has 0 saturated carbocycles. The number of hydrogen-bond donors (Lipinski definition) is 0. The van der Waals surface area contributed by atoms with Crippen molar-refractivity contribution in [3.8, 4) is 0 Å². The van der Waals surface area contributed by atoms with Crippen LogP contribution < -0.4 is 0 Å². The topological polar surface area (TPSA) is 26.3 Å². The highest BCUT2D eigenvalue weighted by atomic mass is 16.5. The molecule has 2 heteroatoms. The predicted molar refractivity (Wildman–Crippen MR) is 56.3 cm³/mol. The molecule has 14 heavy (non-hydrogen) atoms. The normalized spacial score (nSPS) is 12.6. The van der Waals surface area contributed by atoms with Crippen LogP contribution >= 0.6 is 0 Å². The minimum absolute atomic E-state index is 0.0462. The van der Waals surface area contributed by atoms with Crippen molar-refractivity contribution in [2.24, 2.45) is 0 Å². The maximum atomic E-state index is 11.4. The monoisotopic (exact) mass is 192 g/mol. The highest BCUT2D eigenvalue weighted by Crippen LogP contribution is 2.24. The Kier molecular flexibility index (Phi) is 3.42. The van der Waals surface area contributed by atoms with Gasteiger partial charge in [-0.1, -0.05) is 18.2 Å². The van der Waals surface area contributed by atoms with Crippen molar-refractivity contribution >= 4 is 5.78 Å². The quantitative estimate of drug-likeness (QED) is 0.735. The van der Waals surface area contributed by atoms with Crippen molar-refractivity contribution in [1.29, 1.82) is 0 Å². The smallest absolute Gasteiger partial charge is 0.163 e. The van der Waals surface area contributed by atoms with E-state index in [-0.39, 0.29) is 5.78 Å². The SMILES string of the molecule is COC(C(C)=O)c1c(C)cccc1C. The zero-order valence-corrected chi connectivity index (χ0v) is 9.13. The van der Waals surface area contributed by atoms with E-state index in [1.54, 1.807) is 14.0 Å². The first-order valence-corrected chi connectivity index (χ1v) is 4.67. The molecule has 0 heterocycles. The minimum atomic E-state index is -0.420. The molecule has 0 aliphatic heterocycles. The molecule has 0 amide bonds. The number of ketones is 1. The third kappa shape index (κ3) is 2.02. The van der Waals surface area contributed by atoms with Gasteiger partial charge in [-0.3, -0.25) is 4.79 Å². The third-order valence-corrected chi connectivity index (χ3v) is 2.41. The van der Waals surface area contributed by atoms with Gasteiger partial charge in [-0.25, -0.2) is 0 Å². The summed E-state index contributed by atoms with van der Waals surface area (Å²) in [6.45, 7) is 5.55. The molecule has 0 fully saturated rings. The van der Waals surface area contributed by atoms with Crippen LogP contribution in [0.15, 0.2) is 18.2 Å². The summed E-state index contributed by atoms with van der Waals surface area (Å²) in [6, 6.07) is 5.98. The lowest BCUT2D eigenvalue weighted by Crippen LogP contribution is -2.13. The van der Waals surface area contributed by atoms with Gasteiger partial charge in [0.25, 0.3) is 0 Å². The molecule has 2 nitrogen and oxygen atoms in total. The van der Waals surface area contributed by atoms with Gasteiger partial charge in [-0.15, -0.1) is 0 Å². The van der Waals surface area contributed by atoms with E-state index < -0.39 is 6.10 Å². The molecule has 1 aromatic carbocycles. The molecule has 0 radical (unpaired) electrons. The average molecular weight is 192 g/mol. The lowest BCUT2D eigenvalue weighted by Gasteiger charge is -2.17. The van der Waals surface area contributed by atoms with Gasteiger partial charge in [0.15, 0.2) is 5.78 Å². The number of carbonyl (C=O) groups is 1. The van der Waals surface area contributed by atoms with E-state index in [1.807, 2.05) is 32.0 Å². The molecule has 0 aliphatic rings. The van der Waals surface area contributed by atoms with E-state index in [2.05, 4.69) is 0 Å². The molecule has 0 saturated heterocycles. The summed E-state index contributed by atoms with van der Waals surface area (Å²) in [5, 5.41) is 0. The summed E-state index contributed by atoms with van der Waals surface area (Å²) in [5.41, 5.74) is 3.21. The van der Waals surface area contributed by atoms with Crippen molar-refractivity contribution in [3.05, 3.63) is 34.9 Å². The lowest BCUT2D eigenvalue weighted by atomic mass is 9.96. The van der Waals surface area contributed by atoms with Gasteiger partial charge in [-0.2, -0.15) is 0 Å². The maximum absolute atomic E-state index is 11.4. The molecule has 1 rings (SSSR count). The molecular formula is C12H16O2. The zero-order chi connectivity index (χ0) is 10.7. The number of Topliss-reactive ketones (excluding diaryl/α,β-unsaturated/α-hetero) is 1. The second-order valence-electron chi connectivity index (χ2n) is 3.53.